The molecule has 1 aromatic carbocycles. The summed E-state index contributed by atoms with van der Waals surface area (Å²) in [5.41, 5.74) is 1.62. The van der Waals surface area contributed by atoms with Gasteiger partial charge in [-0.05, 0) is 22.9 Å². The summed E-state index contributed by atoms with van der Waals surface area (Å²) in [5, 5.41) is 18.2. The van der Waals surface area contributed by atoms with Gasteiger partial charge in [0.1, 0.15) is 0 Å². The molecular formula is C13H16N6O2. The molecule has 8 heteroatoms. The summed E-state index contributed by atoms with van der Waals surface area (Å²) >= 11 is 0. The quantitative estimate of drug-likeness (QED) is 0.750. The molecule has 2 rings (SSSR count). The number of aromatic amines is 1. The molecule has 1 heterocycles. The van der Waals surface area contributed by atoms with Gasteiger partial charge in [0.15, 0.2) is 0 Å². The zero-order valence-electron chi connectivity index (χ0n) is 11.8. The summed E-state index contributed by atoms with van der Waals surface area (Å²) in [6.07, 6.45) is 0. The lowest BCUT2D eigenvalue weighted by atomic mass is 10.1. The van der Waals surface area contributed by atoms with Crippen molar-refractivity contribution < 1.29 is 9.59 Å². The van der Waals surface area contributed by atoms with Gasteiger partial charge in [0, 0.05) is 18.2 Å². The van der Waals surface area contributed by atoms with Crippen LogP contribution >= 0.6 is 0 Å². The molecule has 8 nitrogen and oxygen atoms in total. The Morgan fingerprint density at radius 1 is 1.24 bits per heavy atom. The van der Waals surface area contributed by atoms with Gasteiger partial charge in [0.05, 0.1) is 0 Å². The third kappa shape index (κ3) is 4.10. The van der Waals surface area contributed by atoms with Crippen LogP contribution in [0.25, 0.3) is 0 Å². The number of carbonyl (C=O) groups excluding carboxylic acids is 2. The average Bonchev–Trinajstić information content (AvgIpc) is 3.00. The maximum atomic E-state index is 11.6. The van der Waals surface area contributed by atoms with Gasteiger partial charge in [-0.1, -0.05) is 26.0 Å². The summed E-state index contributed by atoms with van der Waals surface area (Å²) in [7, 11) is 0. The molecule has 110 valence electrons. The zero-order valence-corrected chi connectivity index (χ0v) is 11.8. The Labute approximate surface area is 121 Å². The molecule has 0 aliphatic heterocycles. The standard InChI is InChI=1S/C13H16N6O2/c1-8(2)12(20)15-10-5-3-9(4-6-10)7-14-13(21)11-16-18-19-17-11/h3-6,8H,7H2,1-2H3,(H,14,21)(H,15,20)(H,16,17,18,19). The Kier molecular flexibility index (Phi) is 4.60. The molecule has 2 amide bonds. The molecule has 21 heavy (non-hydrogen) atoms. The molecule has 0 saturated heterocycles. The van der Waals surface area contributed by atoms with Crippen molar-refractivity contribution in [1.29, 1.82) is 0 Å². The van der Waals surface area contributed by atoms with Crippen molar-refractivity contribution in [3.05, 3.63) is 35.7 Å². The van der Waals surface area contributed by atoms with Gasteiger partial charge in [-0.2, -0.15) is 5.21 Å². The van der Waals surface area contributed by atoms with Crippen molar-refractivity contribution in [2.75, 3.05) is 5.32 Å². The lowest BCUT2D eigenvalue weighted by Crippen LogP contribution is -2.24. The first-order chi connectivity index (χ1) is 10.1. The third-order valence-corrected chi connectivity index (χ3v) is 2.75. The normalized spacial score (nSPS) is 10.4. The van der Waals surface area contributed by atoms with Crippen LogP contribution in [0, 0.1) is 5.92 Å². The molecule has 0 unspecified atom stereocenters. The Morgan fingerprint density at radius 3 is 2.52 bits per heavy atom. The lowest BCUT2D eigenvalue weighted by Gasteiger charge is -2.08. The Balaban J connectivity index is 1.88. The molecular weight excluding hydrogens is 272 g/mol. The summed E-state index contributed by atoms with van der Waals surface area (Å²) in [6, 6.07) is 7.23. The Hall–Kier alpha value is -2.77. The van der Waals surface area contributed by atoms with Crippen molar-refractivity contribution in [2.45, 2.75) is 20.4 Å². The van der Waals surface area contributed by atoms with E-state index < -0.39 is 5.91 Å². The van der Waals surface area contributed by atoms with E-state index in [-0.39, 0.29) is 17.6 Å². The predicted molar refractivity (Wildman–Crippen MR) is 75.3 cm³/mol. The first kappa shape index (κ1) is 14.6. The molecule has 0 aliphatic carbocycles. The first-order valence-electron chi connectivity index (χ1n) is 6.47. The van der Waals surface area contributed by atoms with E-state index in [1.165, 1.54) is 0 Å². The largest absolute Gasteiger partial charge is 0.345 e. The molecule has 0 atom stereocenters. The van der Waals surface area contributed by atoms with E-state index >= 15 is 0 Å². The summed E-state index contributed by atoms with van der Waals surface area (Å²) in [5.74, 6) is -0.510. The van der Waals surface area contributed by atoms with Crippen LogP contribution in [-0.2, 0) is 11.3 Å². The van der Waals surface area contributed by atoms with E-state index in [9.17, 15) is 9.59 Å². The first-order valence-corrected chi connectivity index (χ1v) is 6.47. The second-order valence-corrected chi connectivity index (χ2v) is 4.76. The van der Waals surface area contributed by atoms with Gasteiger partial charge < -0.3 is 10.6 Å². The highest BCUT2D eigenvalue weighted by molar-refractivity contribution is 5.92. The number of anilines is 1. The third-order valence-electron chi connectivity index (χ3n) is 2.75. The van der Waals surface area contributed by atoms with Gasteiger partial charge >= 0.3 is 0 Å². The number of aromatic nitrogens is 4. The number of hydrogen-bond donors (Lipinski definition) is 3. The predicted octanol–water partition coefficient (Wildman–Crippen LogP) is 0.724. The van der Waals surface area contributed by atoms with Gasteiger partial charge in [-0.25, -0.2) is 0 Å². The maximum Gasteiger partial charge on any atom is 0.293 e. The second-order valence-electron chi connectivity index (χ2n) is 4.76. The molecule has 0 bridgehead atoms. The number of rotatable bonds is 5. The maximum absolute atomic E-state index is 11.6. The SMILES string of the molecule is CC(C)C(=O)Nc1ccc(CNC(=O)c2nn[nH]n2)cc1. The fraction of sp³-hybridized carbons (Fsp3) is 0.308. The molecule has 0 saturated carbocycles. The highest BCUT2D eigenvalue weighted by Gasteiger charge is 2.10. The smallest absolute Gasteiger partial charge is 0.293 e. The van der Waals surface area contributed by atoms with E-state index in [1.807, 2.05) is 26.0 Å². The van der Waals surface area contributed by atoms with E-state index in [1.54, 1.807) is 12.1 Å². The Bertz CT molecular complexity index is 606. The molecule has 2 aromatic rings. The number of tetrazole rings is 1. The lowest BCUT2D eigenvalue weighted by molar-refractivity contribution is -0.118. The number of carbonyl (C=O) groups is 2. The number of hydrogen-bond acceptors (Lipinski definition) is 5. The molecule has 0 aliphatic rings. The monoisotopic (exact) mass is 288 g/mol. The molecule has 3 N–H and O–H groups in total. The van der Waals surface area contributed by atoms with Crippen LogP contribution < -0.4 is 10.6 Å². The van der Waals surface area contributed by atoms with Crippen LogP contribution in [-0.4, -0.2) is 32.4 Å². The number of nitrogens with zero attached hydrogens (tertiary/aromatic N) is 3. The summed E-state index contributed by atoms with van der Waals surface area (Å²) < 4.78 is 0. The van der Waals surface area contributed by atoms with E-state index in [4.69, 9.17) is 0 Å². The number of benzene rings is 1. The van der Waals surface area contributed by atoms with Gasteiger partial charge in [0.25, 0.3) is 11.7 Å². The van der Waals surface area contributed by atoms with Crippen LogP contribution in [0.3, 0.4) is 0 Å². The van der Waals surface area contributed by atoms with Crippen molar-refractivity contribution in [1.82, 2.24) is 25.9 Å². The highest BCUT2D eigenvalue weighted by Crippen LogP contribution is 2.11. The van der Waals surface area contributed by atoms with E-state index in [0.29, 0.717) is 6.54 Å². The van der Waals surface area contributed by atoms with E-state index in [0.717, 1.165) is 11.3 Å². The van der Waals surface area contributed by atoms with Crippen LogP contribution in [0.5, 0.6) is 0 Å². The number of H-pyrrole nitrogens is 1. The fourth-order valence-corrected chi connectivity index (χ4v) is 1.51. The molecule has 1 aromatic heterocycles. The molecule has 0 spiro atoms. The van der Waals surface area contributed by atoms with Crippen molar-refractivity contribution in [3.63, 3.8) is 0 Å². The van der Waals surface area contributed by atoms with Gasteiger partial charge in [-0.3, -0.25) is 9.59 Å². The van der Waals surface area contributed by atoms with Crippen LogP contribution in [0.4, 0.5) is 5.69 Å². The zero-order chi connectivity index (χ0) is 15.2. The molecule has 0 radical (unpaired) electrons. The highest BCUT2D eigenvalue weighted by atomic mass is 16.2. The van der Waals surface area contributed by atoms with Crippen molar-refractivity contribution in [2.24, 2.45) is 5.92 Å². The van der Waals surface area contributed by atoms with Crippen molar-refractivity contribution in [3.8, 4) is 0 Å². The topological polar surface area (TPSA) is 113 Å². The van der Waals surface area contributed by atoms with Gasteiger partial charge in [0.2, 0.25) is 5.91 Å². The minimum atomic E-state index is -0.402. The Morgan fingerprint density at radius 2 is 1.95 bits per heavy atom. The minimum absolute atomic E-state index is 0.00387. The number of amides is 2. The van der Waals surface area contributed by atoms with Gasteiger partial charge in [-0.15, -0.1) is 10.2 Å². The summed E-state index contributed by atoms with van der Waals surface area (Å²) in [6.45, 7) is 4.00. The fourth-order valence-electron chi connectivity index (χ4n) is 1.51. The van der Waals surface area contributed by atoms with Crippen LogP contribution in [0.1, 0.15) is 30.0 Å². The second kappa shape index (κ2) is 6.60. The number of nitrogens with one attached hydrogen (secondary N) is 3. The minimum Gasteiger partial charge on any atom is -0.345 e. The van der Waals surface area contributed by atoms with Crippen LogP contribution in [0.2, 0.25) is 0 Å². The van der Waals surface area contributed by atoms with Crippen molar-refractivity contribution >= 4 is 17.5 Å². The van der Waals surface area contributed by atoms with Crippen LogP contribution in [0.15, 0.2) is 24.3 Å². The average molecular weight is 288 g/mol. The molecule has 0 fully saturated rings. The van der Waals surface area contributed by atoms with E-state index in [2.05, 4.69) is 31.3 Å². The summed E-state index contributed by atoms with van der Waals surface area (Å²) in [4.78, 5) is 23.2.